The lowest BCUT2D eigenvalue weighted by Crippen LogP contribution is -2.44. The van der Waals surface area contributed by atoms with Crippen molar-refractivity contribution in [2.75, 3.05) is 13.1 Å². The summed E-state index contributed by atoms with van der Waals surface area (Å²) in [5.41, 5.74) is 0. The van der Waals surface area contributed by atoms with E-state index >= 15 is 0 Å². The molecule has 0 aromatic heterocycles. The molecule has 0 unspecified atom stereocenters. The Morgan fingerprint density at radius 3 is 2.60 bits per heavy atom. The number of carbonyl (C=O) groups excluding carboxylic acids is 1. The molecule has 1 aliphatic heterocycles. The first kappa shape index (κ1) is 15.5. The second-order valence-corrected chi connectivity index (χ2v) is 6.19. The first-order valence-electron chi connectivity index (χ1n) is 6.88. The van der Waals surface area contributed by atoms with Crippen molar-refractivity contribution in [2.45, 2.75) is 32.8 Å². The number of rotatable bonds is 3. The summed E-state index contributed by atoms with van der Waals surface area (Å²) in [6.07, 6.45) is 1.57. The second kappa shape index (κ2) is 6.68. The second-order valence-electron chi connectivity index (χ2n) is 5.34. The quantitative estimate of drug-likeness (QED) is 0.843. The smallest absolute Gasteiger partial charge is 0.263 e. The van der Waals surface area contributed by atoms with Crippen LogP contribution in [-0.4, -0.2) is 30.0 Å². The summed E-state index contributed by atoms with van der Waals surface area (Å²) < 4.78 is 5.66. The predicted molar refractivity (Wildman–Crippen MR) is 81.5 cm³/mol. The molecule has 2 rings (SSSR count). The zero-order valence-electron chi connectivity index (χ0n) is 11.7. The molecule has 1 amide bonds. The van der Waals surface area contributed by atoms with E-state index in [0.717, 1.165) is 25.9 Å². The molecule has 1 aliphatic rings. The highest BCUT2D eigenvalue weighted by Gasteiger charge is 2.25. The average Bonchev–Trinajstić information content (AvgIpc) is 2.42. The van der Waals surface area contributed by atoms with Crippen molar-refractivity contribution < 1.29 is 9.53 Å². The van der Waals surface area contributed by atoms with Gasteiger partial charge in [0, 0.05) is 18.1 Å². The maximum absolute atomic E-state index is 12.3. The number of benzene rings is 1. The van der Waals surface area contributed by atoms with E-state index < -0.39 is 6.10 Å². The lowest BCUT2D eigenvalue weighted by atomic mass is 9.99. The predicted octanol–water partition coefficient (Wildman–Crippen LogP) is 4.02. The van der Waals surface area contributed by atoms with Gasteiger partial charge in [-0.25, -0.2) is 0 Å². The van der Waals surface area contributed by atoms with Crippen LogP contribution >= 0.6 is 23.2 Å². The van der Waals surface area contributed by atoms with E-state index in [2.05, 4.69) is 6.92 Å². The molecule has 20 heavy (non-hydrogen) atoms. The number of halogens is 2. The van der Waals surface area contributed by atoms with Crippen LogP contribution in [0.2, 0.25) is 10.0 Å². The topological polar surface area (TPSA) is 29.5 Å². The molecule has 3 nitrogen and oxygen atoms in total. The molecule has 1 aromatic rings. The Labute approximate surface area is 129 Å². The normalized spacial score (nSPS) is 17.9. The van der Waals surface area contributed by atoms with Gasteiger partial charge in [-0.3, -0.25) is 4.79 Å². The molecule has 0 aliphatic carbocycles. The third-order valence-corrected chi connectivity index (χ3v) is 4.17. The van der Waals surface area contributed by atoms with Gasteiger partial charge < -0.3 is 9.64 Å². The molecule has 0 bridgehead atoms. The van der Waals surface area contributed by atoms with Crippen molar-refractivity contribution in [3.63, 3.8) is 0 Å². The first-order valence-corrected chi connectivity index (χ1v) is 7.63. The Morgan fingerprint density at radius 2 is 2.00 bits per heavy atom. The maximum atomic E-state index is 12.3. The van der Waals surface area contributed by atoms with Crippen LogP contribution in [0.3, 0.4) is 0 Å². The molecule has 1 aromatic carbocycles. The van der Waals surface area contributed by atoms with Crippen molar-refractivity contribution in [3.05, 3.63) is 28.2 Å². The average molecular weight is 316 g/mol. The SMILES string of the molecule is CC1CCN(C(=O)[C@H](C)Oc2ccc(Cl)cc2Cl)CC1. The number of hydrogen-bond acceptors (Lipinski definition) is 2. The van der Waals surface area contributed by atoms with Crippen LogP contribution < -0.4 is 4.74 Å². The van der Waals surface area contributed by atoms with Crippen LogP contribution in [-0.2, 0) is 4.79 Å². The van der Waals surface area contributed by atoms with Gasteiger partial charge in [-0.05, 0) is 43.9 Å². The number of hydrogen-bond donors (Lipinski definition) is 0. The van der Waals surface area contributed by atoms with Crippen LogP contribution in [0.25, 0.3) is 0 Å². The molecule has 1 atom stereocenters. The minimum atomic E-state index is -0.540. The van der Waals surface area contributed by atoms with Gasteiger partial charge in [0.15, 0.2) is 6.10 Å². The summed E-state index contributed by atoms with van der Waals surface area (Å²) in [4.78, 5) is 14.2. The molecular formula is C15H19Cl2NO2. The summed E-state index contributed by atoms with van der Waals surface area (Å²) in [5.74, 6) is 1.20. The van der Waals surface area contributed by atoms with Crippen molar-refractivity contribution in [2.24, 2.45) is 5.92 Å². The van der Waals surface area contributed by atoms with Gasteiger partial charge in [-0.15, -0.1) is 0 Å². The van der Waals surface area contributed by atoms with Crippen LogP contribution in [0.5, 0.6) is 5.75 Å². The fourth-order valence-corrected chi connectivity index (χ4v) is 2.75. The molecular weight excluding hydrogens is 297 g/mol. The molecule has 0 saturated carbocycles. The number of likely N-dealkylation sites (tertiary alicyclic amines) is 1. The Bertz CT molecular complexity index is 485. The Morgan fingerprint density at radius 1 is 1.35 bits per heavy atom. The molecule has 1 heterocycles. The summed E-state index contributed by atoms with van der Waals surface area (Å²) in [7, 11) is 0. The standard InChI is InChI=1S/C15H19Cl2NO2/c1-10-5-7-18(8-6-10)15(19)11(2)20-14-4-3-12(16)9-13(14)17/h3-4,9-11H,5-8H2,1-2H3/t11-/m0/s1. The van der Waals surface area contributed by atoms with E-state index in [9.17, 15) is 4.79 Å². The first-order chi connectivity index (χ1) is 9.47. The molecule has 110 valence electrons. The Kier molecular flexibility index (Phi) is 5.17. The van der Waals surface area contributed by atoms with Gasteiger partial charge in [-0.1, -0.05) is 30.1 Å². The largest absolute Gasteiger partial charge is 0.479 e. The summed E-state index contributed by atoms with van der Waals surface area (Å²) in [6.45, 7) is 5.59. The van der Waals surface area contributed by atoms with E-state index in [-0.39, 0.29) is 5.91 Å². The highest BCUT2D eigenvalue weighted by atomic mass is 35.5. The van der Waals surface area contributed by atoms with Crippen LogP contribution in [0.15, 0.2) is 18.2 Å². The lowest BCUT2D eigenvalue weighted by Gasteiger charge is -2.32. The van der Waals surface area contributed by atoms with Gasteiger partial charge in [0.25, 0.3) is 5.91 Å². The fourth-order valence-electron chi connectivity index (χ4n) is 2.30. The Hall–Kier alpha value is -0.930. The van der Waals surface area contributed by atoms with Crippen molar-refractivity contribution >= 4 is 29.1 Å². The molecule has 0 N–H and O–H groups in total. The highest BCUT2D eigenvalue weighted by molar-refractivity contribution is 6.35. The molecule has 1 saturated heterocycles. The number of piperidine rings is 1. The number of ether oxygens (including phenoxy) is 1. The van der Waals surface area contributed by atoms with E-state index in [4.69, 9.17) is 27.9 Å². The maximum Gasteiger partial charge on any atom is 0.263 e. The molecule has 0 radical (unpaired) electrons. The number of carbonyl (C=O) groups is 1. The van der Waals surface area contributed by atoms with Crippen LogP contribution in [0, 0.1) is 5.92 Å². The molecule has 5 heteroatoms. The summed E-state index contributed by atoms with van der Waals surface area (Å²) in [5, 5.41) is 0.968. The van der Waals surface area contributed by atoms with E-state index in [0.29, 0.717) is 21.7 Å². The van der Waals surface area contributed by atoms with Crippen molar-refractivity contribution in [3.8, 4) is 5.75 Å². The fraction of sp³-hybridized carbons (Fsp3) is 0.533. The van der Waals surface area contributed by atoms with Gasteiger partial charge in [0.1, 0.15) is 5.75 Å². The number of amides is 1. The summed E-state index contributed by atoms with van der Waals surface area (Å²) in [6, 6.07) is 4.99. The van der Waals surface area contributed by atoms with E-state index in [1.165, 1.54) is 0 Å². The third kappa shape index (κ3) is 3.80. The third-order valence-electron chi connectivity index (χ3n) is 3.64. The number of nitrogens with zero attached hydrogens (tertiary/aromatic N) is 1. The minimum Gasteiger partial charge on any atom is -0.479 e. The van der Waals surface area contributed by atoms with Gasteiger partial charge in [0.2, 0.25) is 0 Å². The molecule has 1 fully saturated rings. The zero-order chi connectivity index (χ0) is 14.7. The molecule has 0 spiro atoms. The zero-order valence-corrected chi connectivity index (χ0v) is 13.2. The van der Waals surface area contributed by atoms with Crippen molar-refractivity contribution in [1.29, 1.82) is 0 Å². The van der Waals surface area contributed by atoms with Crippen LogP contribution in [0.1, 0.15) is 26.7 Å². The monoisotopic (exact) mass is 315 g/mol. The Balaban J connectivity index is 1.97. The van der Waals surface area contributed by atoms with Gasteiger partial charge in [0.05, 0.1) is 5.02 Å². The van der Waals surface area contributed by atoms with Gasteiger partial charge >= 0.3 is 0 Å². The van der Waals surface area contributed by atoms with Crippen molar-refractivity contribution in [1.82, 2.24) is 4.90 Å². The highest BCUT2D eigenvalue weighted by Crippen LogP contribution is 2.28. The minimum absolute atomic E-state index is 0.0166. The van der Waals surface area contributed by atoms with Crippen LogP contribution in [0.4, 0.5) is 0 Å². The van der Waals surface area contributed by atoms with Gasteiger partial charge in [-0.2, -0.15) is 0 Å². The van der Waals surface area contributed by atoms with E-state index in [1.807, 2.05) is 4.90 Å². The summed E-state index contributed by atoms with van der Waals surface area (Å²) >= 11 is 11.9. The van der Waals surface area contributed by atoms with E-state index in [1.54, 1.807) is 25.1 Å². The lowest BCUT2D eigenvalue weighted by molar-refractivity contribution is -0.139.